The number of aromatic nitrogens is 3. The van der Waals surface area contributed by atoms with E-state index in [9.17, 15) is 34.2 Å². The molecule has 1 aromatic carbocycles. The number of nitrogens with two attached hydrogens (primary N) is 2. The molecule has 0 saturated carbocycles. The molecule has 0 aliphatic carbocycles. The number of benzene rings is 1. The molecule has 0 fully saturated rings. The summed E-state index contributed by atoms with van der Waals surface area (Å²) in [7, 11) is 0. The molecule has 0 aliphatic heterocycles. The number of nitrogens with one attached hydrogen (secondary N) is 5. The van der Waals surface area contributed by atoms with E-state index in [4.69, 9.17) is 11.5 Å². The number of aliphatic carboxylic acids is 1. The van der Waals surface area contributed by atoms with Gasteiger partial charge in [0, 0.05) is 41.8 Å². The number of carboxylic acid groups (broad SMARTS) is 1. The smallest absolute Gasteiger partial charge is 0.326 e. The molecule has 2 heterocycles. The molecule has 15 nitrogen and oxygen atoms in total. The minimum Gasteiger partial charge on any atom is -0.480 e. The van der Waals surface area contributed by atoms with Gasteiger partial charge in [-0.15, -0.1) is 0 Å². The van der Waals surface area contributed by atoms with Crippen molar-refractivity contribution >= 4 is 40.5 Å². The molecule has 3 aromatic rings. The molecule has 40 heavy (non-hydrogen) atoms. The molecule has 4 amide bonds. The molecule has 214 valence electrons. The molecule has 4 atom stereocenters. The number of imidazole rings is 1. The van der Waals surface area contributed by atoms with Crippen molar-refractivity contribution in [3.63, 3.8) is 0 Å². The van der Waals surface area contributed by atoms with Crippen molar-refractivity contribution in [3.05, 3.63) is 54.2 Å². The number of primary amides is 1. The lowest BCUT2D eigenvalue weighted by Crippen LogP contribution is -2.58. The number of hydrogen-bond donors (Lipinski definition) is 9. The number of carbonyl (C=O) groups excluding carboxylic acids is 4. The number of carbonyl (C=O) groups is 5. The second-order valence-corrected chi connectivity index (χ2v) is 9.16. The van der Waals surface area contributed by atoms with Crippen molar-refractivity contribution in [2.45, 2.75) is 49.9 Å². The van der Waals surface area contributed by atoms with E-state index < -0.39 is 60.4 Å². The van der Waals surface area contributed by atoms with Gasteiger partial charge in [-0.3, -0.25) is 19.2 Å². The number of fused-ring (bicyclic) bond motifs is 1. The van der Waals surface area contributed by atoms with Crippen LogP contribution in [0.5, 0.6) is 0 Å². The second kappa shape index (κ2) is 13.9. The van der Waals surface area contributed by atoms with Gasteiger partial charge in [0.15, 0.2) is 0 Å². The van der Waals surface area contributed by atoms with Gasteiger partial charge in [0.05, 0.1) is 19.0 Å². The van der Waals surface area contributed by atoms with Crippen LogP contribution in [0, 0.1) is 0 Å². The first-order valence-corrected chi connectivity index (χ1v) is 12.4. The Morgan fingerprint density at radius 3 is 2.25 bits per heavy atom. The molecule has 11 N–H and O–H groups in total. The maximum absolute atomic E-state index is 13.0. The van der Waals surface area contributed by atoms with Crippen LogP contribution in [-0.2, 0) is 36.8 Å². The van der Waals surface area contributed by atoms with Crippen molar-refractivity contribution in [3.8, 4) is 0 Å². The lowest BCUT2D eigenvalue weighted by Gasteiger charge is -2.24. The van der Waals surface area contributed by atoms with Gasteiger partial charge in [0.2, 0.25) is 23.6 Å². The van der Waals surface area contributed by atoms with E-state index in [0.717, 1.165) is 16.5 Å². The standard InChI is InChI=1S/C25H32N8O7/c26-16(7-13-9-29-17-4-2-1-3-15(13)17)22(36)33-20(11-34)24(38)32-19(8-14-10-28-12-30-14)23(37)31-18(25(39)40)5-6-21(27)35/h1-4,9-10,12,16,18-20,29,34H,5-8,11,26H2,(H2,27,35)(H,28,30)(H,31,37)(H,32,38)(H,33,36)(H,39,40). The third-order valence-electron chi connectivity index (χ3n) is 6.17. The van der Waals surface area contributed by atoms with Crippen LogP contribution in [0.15, 0.2) is 43.0 Å². The summed E-state index contributed by atoms with van der Waals surface area (Å²) in [6.07, 6.45) is 3.99. The summed E-state index contributed by atoms with van der Waals surface area (Å²) in [5, 5.41) is 27.2. The Labute approximate surface area is 228 Å². The van der Waals surface area contributed by atoms with Crippen LogP contribution in [-0.4, -0.2) is 85.5 Å². The summed E-state index contributed by atoms with van der Waals surface area (Å²) in [6, 6.07) is 2.19. The summed E-state index contributed by atoms with van der Waals surface area (Å²) in [5.41, 5.74) is 13.3. The quantitative estimate of drug-likeness (QED) is 0.0982. The fourth-order valence-electron chi connectivity index (χ4n) is 4.02. The van der Waals surface area contributed by atoms with Crippen LogP contribution < -0.4 is 27.4 Å². The van der Waals surface area contributed by atoms with Gasteiger partial charge in [-0.2, -0.15) is 0 Å². The van der Waals surface area contributed by atoms with Crippen molar-refractivity contribution in [2.24, 2.45) is 11.5 Å². The Kier molecular flexibility index (Phi) is 10.3. The van der Waals surface area contributed by atoms with Crippen LogP contribution in [0.3, 0.4) is 0 Å². The van der Waals surface area contributed by atoms with Gasteiger partial charge in [-0.1, -0.05) is 18.2 Å². The molecular formula is C25H32N8O7. The van der Waals surface area contributed by atoms with Crippen LogP contribution in [0.4, 0.5) is 0 Å². The van der Waals surface area contributed by atoms with Crippen LogP contribution in [0.25, 0.3) is 10.9 Å². The second-order valence-electron chi connectivity index (χ2n) is 9.16. The van der Waals surface area contributed by atoms with E-state index in [2.05, 4.69) is 30.9 Å². The minimum absolute atomic E-state index is 0.119. The predicted octanol–water partition coefficient (Wildman–Crippen LogP) is -2.20. The molecule has 0 saturated heterocycles. The van der Waals surface area contributed by atoms with Crippen LogP contribution in [0.1, 0.15) is 24.1 Å². The molecule has 0 radical (unpaired) electrons. The third-order valence-corrected chi connectivity index (χ3v) is 6.17. The first-order chi connectivity index (χ1) is 19.1. The first kappa shape index (κ1) is 29.8. The van der Waals surface area contributed by atoms with E-state index in [1.54, 1.807) is 6.20 Å². The number of para-hydroxylation sites is 1. The SMILES string of the molecule is NC(=O)CCC(NC(=O)C(Cc1cnc[nH]1)NC(=O)C(CO)NC(=O)C(N)Cc1c[nH]c2ccccc12)C(=O)O. The lowest BCUT2D eigenvalue weighted by atomic mass is 10.0. The number of aliphatic hydroxyl groups excluding tert-OH is 1. The Morgan fingerprint density at radius 2 is 1.60 bits per heavy atom. The lowest BCUT2D eigenvalue weighted by molar-refractivity contribution is -0.142. The normalized spacial score (nSPS) is 14.1. The summed E-state index contributed by atoms with van der Waals surface area (Å²) in [5.74, 6) is -4.62. The molecule has 0 spiro atoms. The highest BCUT2D eigenvalue weighted by Crippen LogP contribution is 2.18. The molecule has 15 heteroatoms. The van der Waals surface area contributed by atoms with Crippen LogP contribution in [0.2, 0.25) is 0 Å². The van der Waals surface area contributed by atoms with Gasteiger partial charge in [-0.25, -0.2) is 9.78 Å². The van der Waals surface area contributed by atoms with Crippen molar-refractivity contribution < 1.29 is 34.2 Å². The zero-order valence-electron chi connectivity index (χ0n) is 21.4. The average Bonchev–Trinajstić information content (AvgIpc) is 3.58. The summed E-state index contributed by atoms with van der Waals surface area (Å²) in [4.78, 5) is 71.1. The number of nitrogens with zero attached hydrogens (tertiary/aromatic N) is 1. The largest absolute Gasteiger partial charge is 0.480 e. The maximum atomic E-state index is 13.0. The van der Waals surface area contributed by atoms with E-state index >= 15 is 0 Å². The van der Waals surface area contributed by atoms with E-state index in [0.29, 0.717) is 5.69 Å². The number of aromatic amines is 2. The molecule has 0 bridgehead atoms. The Balaban J connectivity index is 1.66. The molecular weight excluding hydrogens is 524 g/mol. The highest BCUT2D eigenvalue weighted by Gasteiger charge is 2.31. The van der Waals surface area contributed by atoms with Crippen molar-refractivity contribution in [2.75, 3.05) is 6.61 Å². The number of rotatable bonds is 15. The summed E-state index contributed by atoms with van der Waals surface area (Å²) < 4.78 is 0. The van der Waals surface area contributed by atoms with Crippen molar-refractivity contribution in [1.82, 2.24) is 30.9 Å². The molecule has 3 rings (SSSR count). The highest BCUT2D eigenvalue weighted by molar-refractivity contribution is 5.94. The van der Waals surface area contributed by atoms with Gasteiger partial charge in [-0.05, 0) is 24.5 Å². The Bertz CT molecular complexity index is 1340. The van der Waals surface area contributed by atoms with E-state index in [1.807, 2.05) is 24.3 Å². The average molecular weight is 557 g/mol. The highest BCUT2D eigenvalue weighted by atomic mass is 16.4. The number of hydrogen-bond acceptors (Lipinski definition) is 8. The van der Waals surface area contributed by atoms with Gasteiger partial charge >= 0.3 is 5.97 Å². The topological polar surface area (TPSA) is 258 Å². The van der Waals surface area contributed by atoms with E-state index in [-0.39, 0.29) is 25.7 Å². The van der Waals surface area contributed by atoms with Gasteiger partial charge in [0.1, 0.15) is 18.1 Å². The van der Waals surface area contributed by atoms with Gasteiger partial charge in [0.25, 0.3) is 0 Å². The van der Waals surface area contributed by atoms with Crippen molar-refractivity contribution in [1.29, 1.82) is 0 Å². The summed E-state index contributed by atoms with van der Waals surface area (Å²) >= 11 is 0. The number of carboxylic acids is 1. The fraction of sp³-hybridized carbons (Fsp3) is 0.360. The monoisotopic (exact) mass is 556 g/mol. The number of amides is 4. The minimum atomic E-state index is -1.45. The zero-order valence-corrected chi connectivity index (χ0v) is 21.4. The summed E-state index contributed by atoms with van der Waals surface area (Å²) in [6.45, 7) is -0.799. The van der Waals surface area contributed by atoms with Gasteiger partial charge < -0.3 is 47.6 Å². The number of aliphatic hydroxyl groups is 1. The molecule has 4 unspecified atom stereocenters. The first-order valence-electron chi connectivity index (χ1n) is 12.4. The zero-order chi connectivity index (χ0) is 29.2. The molecule has 2 aromatic heterocycles. The maximum Gasteiger partial charge on any atom is 0.326 e. The number of H-pyrrole nitrogens is 2. The van der Waals surface area contributed by atoms with Crippen LogP contribution >= 0.6 is 0 Å². The fourth-order valence-corrected chi connectivity index (χ4v) is 4.02. The Hall–Kier alpha value is -4.76. The molecule has 0 aliphatic rings. The van der Waals surface area contributed by atoms with E-state index in [1.165, 1.54) is 12.5 Å². The predicted molar refractivity (Wildman–Crippen MR) is 141 cm³/mol. The third kappa shape index (κ3) is 8.12. The Morgan fingerprint density at radius 1 is 0.925 bits per heavy atom.